The average Bonchev–Trinajstić information content (AvgIpc) is 3.07. The minimum Gasteiger partial charge on any atom is -0.435 e. The summed E-state index contributed by atoms with van der Waals surface area (Å²) >= 11 is 0. The number of rotatable bonds is 5. The average molecular weight is 299 g/mol. The van der Waals surface area contributed by atoms with Crippen molar-refractivity contribution in [2.45, 2.75) is 44.2 Å². The summed E-state index contributed by atoms with van der Waals surface area (Å²) in [6.45, 7) is -2.51. The predicted octanol–water partition coefficient (Wildman–Crippen LogP) is 2.22. The van der Waals surface area contributed by atoms with Gasteiger partial charge in [0, 0.05) is 12.0 Å². The number of ether oxygens (including phenoxy) is 2. The lowest BCUT2D eigenvalue weighted by atomic mass is 9.68. The van der Waals surface area contributed by atoms with Gasteiger partial charge >= 0.3 is 6.61 Å². The highest BCUT2D eigenvalue weighted by atomic mass is 19.3. The van der Waals surface area contributed by atoms with Crippen molar-refractivity contribution in [3.8, 4) is 5.75 Å². The molecule has 3 N–H and O–H groups in total. The first-order chi connectivity index (χ1) is 10.0. The first-order valence-corrected chi connectivity index (χ1v) is 7.13. The maximum atomic E-state index is 12.1. The standard InChI is InChI=1S/C15H19F2NO3/c16-14(17)21-10-3-1-9(2-4-10)13(19)15(8-18)7-11-5-6-12(15)20-11/h1-4,11-14,19H,5-8,18H2. The molecule has 4 atom stereocenters. The van der Waals surface area contributed by atoms with E-state index in [2.05, 4.69) is 4.74 Å². The molecule has 0 aliphatic carbocycles. The van der Waals surface area contributed by atoms with Gasteiger partial charge in [-0.3, -0.25) is 0 Å². The molecule has 0 saturated carbocycles. The Labute approximate surface area is 121 Å². The number of aliphatic hydroxyl groups excluding tert-OH is 1. The normalized spacial score (nSPS) is 32.6. The van der Waals surface area contributed by atoms with Gasteiger partial charge in [0.1, 0.15) is 5.75 Å². The van der Waals surface area contributed by atoms with E-state index >= 15 is 0 Å². The lowest BCUT2D eigenvalue weighted by Crippen LogP contribution is -2.44. The molecular formula is C15H19F2NO3. The van der Waals surface area contributed by atoms with Crippen LogP contribution in [0.5, 0.6) is 5.75 Å². The van der Waals surface area contributed by atoms with Crippen LogP contribution in [0.3, 0.4) is 0 Å². The molecule has 2 heterocycles. The molecule has 3 rings (SSSR count). The maximum absolute atomic E-state index is 12.1. The Morgan fingerprint density at radius 3 is 2.52 bits per heavy atom. The minimum absolute atomic E-state index is 0.0282. The van der Waals surface area contributed by atoms with E-state index in [4.69, 9.17) is 10.5 Å². The van der Waals surface area contributed by atoms with Gasteiger partial charge in [0.2, 0.25) is 0 Å². The molecule has 2 saturated heterocycles. The zero-order valence-electron chi connectivity index (χ0n) is 11.5. The number of hydrogen-bond donors (Lipinski definition) is 2. The minimum atomic E-state index is -2.85. The highest BCUT2D eigenvalue weighted by Crippen LogP contribution is 2.53. The van der Waals surface area contributed by atoms with Crippen LogP contribution in [0.4, 0.5) is 8.78 Å². The second-order valence-corrected chi connectivity index (χ2v) is 5.82. The molecule has 2 aliphatic heterocycles. The number of nitrogens with two attached hydrogens (primary N) is 1. The highest BCUT2D eigenvalue weighted by Gasteiger charge is 2.55. The summed E-state index contributed by atoms with van der Waals surface area (Å²) in [6.07, 6.45) is 2.05. The van der Waals surface area contributed by atoms with Crippen molar-refractivity contribution >= 4 is 0 Å². The summed E-state index contributed by atoms with van der Waals surface area (Å²) in [6, 6.07) is 6.07. The first kappa shape index (κ1) is 14.7. The number of aliphatic hydroxyl groups is 1. The zero-order chi connectivity index (χ0) is 15.0. The van der Waals surface area contributed by atoms with E-state index in [1.165, 1.54) is 12.1 Å². The molecule has 0 spiro atoms. The number of alkyl halides is 2. The summed E-state index contributed by atoms with van der Waals surface area (Å²) in [4.78, 5) is 0. The first-order valence-electron chi connectivity index (χ1n) is 7.13. The van der Waals surface area contributed by atoms with Gasteiger partial charge in [0.25, 0.3) is 0 Å². The Hall–Kier alpha value is -1.24. The molecule has 4 unspecified atom stereocenters. The lowest BCUT2D eigenvalue weighted by molar-refractivity contribution is -0.0499. The smallest absolute Gasteiger partial charge is 0.387 e. The van der Waals surface area contributed by atoms with Crippen molar-refractivity contribution in [2.75, 3.05) is 6.54 Å². The summed E-state index contributed by atoms with van der Waals surface area (Å²) in [7, 11) is 0. The van der Waals surface area contributed by atoms with Crippen LogP contribution in [0, 0.1) is 5.41 Å². The molecule has 1 aromatic rings. The van der Waals surface area contributed by atoms with Gasteiger partial charge in [-0.1, -0.05) is 12.1 Å². The van der Waals surface area contributed by atoms with E-state index in [0.29, 0.717) is 12.1 Å². The fraction of sp³-hybridized carbons (Fsp3) is 0.600. The van der Waals surface area contributed by atoms with E-state index < -0.39 is 18.1 Å². The molecular weight excluding hydrogens is 280 g/mol. The van der Waals surface area contributed by atoms with Crippen molar-refractivity contribution in [3.63, 3.8) is 0 Å². The molecule has 0 amide bonds. The number of benzene rings is 1. The largest absolute Gasteiger partial charge is 0.435 e. The van der Waals surface area contributed by atoms with Crippen LogP contribution in [-0.2, 0) is 4.74 Å². The molecule has 2 fully saturated rings. The predicted molar refractivity (Wildman–Crippen MR) is 72.0 cm³/mol. The van der Waals surface area contributed by atoms with Crippen LogP contribution in [0.1, 0.15) is 30.9 Å². The van der Waals surface area contributed by atoms with Gasteiger partial charge in [-0.25, -0.2) is 0 Å². The van der Waals surface area contributed by atoms with E-state index in [0.717, 1.165) is 19.3 Å². The second-order valence-electron chi connectivity index (χ2n) is 5.82. The number of hydrogen-bond acceptors (Lipinski definition) is 4. The fourth-order valence-corrected chi connectivity index (χ4v) is 3.61. The van der Waals surface area contributed by atoms with Crippen LogP contribution in [-0.4, -0.2) is 30.5 Å². The molecule has 0 radical (unpaired) electrons. The van der Waals surface area contributed by atoms with Crippen LogP contribution in [0.2, 0.25) is 0 Å². The Kier molecular flexibility index (Phi) is 3.86. The summed E-state index contributed by atoms with van der Waals surface area (Å²) in [5.74, 6) is 0.0759. The Bertz CT molecular complexity index is 496. The Morgan fingerprint density at radius 2 is 2.05 bits per heavy atom. The van der Waals surface area contributed by atoms with Crippen LogP contribution < -0.4 is 10.5 Å². The van der Waals surface area contributed by atoms with E-state index in [1.54, 1.807) is 12.1 Å². The van der Waals surface area contributed by atoms with Crippen molar-refractivity contribution in [2.24, 2.45) is 11.1 Å². The zero-order valence-corrected chi connectivity index (χ0v) is 11.5. The Balaban J connectivity index is 1.79. The van der Waals surface area contributed by atoms with E-state index in [9.17, 15) is 13.9 Å². The van der Waals surface area contributed by atoms with Gasteiger partial charge in [0.15, 0.2) is 0 Å². The van der Waals surface area contributed by atoms with Crippen molar-refractivity contribution < 1.29 is 23.4 Å². The van der Waals surface area contributed by atoms with Gasteiger partial charge in [-0.15, -0.1) is 0 Å². The summed E-state index contributed by atoms with van der Waals surface area (Å²) in [5.41, 5.74) is 6.10. The monoisotopic (exact) mass is 299 g/mol. The van der Waals surface area contributed by atoms with Gasteiger partial charge in [0.05, 0.1) is 18.3 Å². The fourth-order valence-electron chi connectivity index (χ4n) is 3.61. The number of fused-ring (bicyclic) bond motifs is 2. The van der Waals surface area contributed by atoms with E-state index in [-0.39, 0.29) is 18.0 Å². The van der Waals surface area contributed by atoms with E-state index in [1.807, 2.05) is 0 Å². The molecule has 116 valence electrons. The van der Waals surface area contributed by atoms with Crippen LogP contribution in [0.15, 0.2) is 24.3 Å². The molecule has 0 aromatic heterocycles. The molecule has 4 nitrogen and oxygen atoms in total. The van der Waals surface area contributed by atoms with Crippen molar-refractivity contribution in [3.05, 3.63) is 29.8 Å². The topological polar surface area (TPSA) is 64.7 Å². The van der Waals surface area contributed by atoms with Crippen molar-refractivity contribution in [1.82, 2.24) is 0 Å². The van der Waals surface area contributed by atoms with Gasteiger partial charge < -0.3 is 20.3 Å². The van der Waals surface area contributed by atoms with Crippen LogP contribution in [0.25, 0.3) is 0 Å². The number of halogens is 2. The molecule has 2 aliphatic rings. The Morgan fingerprint density at radius 1 is 1.33 bits per heavy atom. The third-order valence-corrected chi connectivity index (χ3v) is 4.70. The second kappa shape index (κ2) is 5.51. The third-order valence-electron chi connectivity index (χ3n) is 4.70. The molecule has 6 heteroatoms. The maximum Gasteiger partial charge on any atom is 0.387 e. The van der Waals surface area contributed by atoms with Gasteiger partial charge in [-0.2, -0.15) is 8.78 Å². The van der Waals surface area contributed by atoms with Crippen molar-refractivity contribution in [1.29, 1.82) is 0 Å². The quantitative estimate of drug-likeness (QED) is 0.875. The SMILES string of the molecule is NCC1(C(O)c2ccc(OC(F)F)cc2)CC2CCC1O2. The highest BCUT2D eigenvalue weighted by molar-refractivity contribution is 5.30. The molecule has 2 bridgehead atoms. The summed E-state index contributed by atoms with van der Waals surface area (Å²) in [5, 5.41) is 10.7. The lowest BCUT2D eigenvalue weighted by Gasteiger charge is -2.38. The summed E-state index contributed by atoms with van der Waals surface area (Å²) < 4.78 is 34.4. The third kappa shape index (κ3) is 2.52. The molecule has 21 heavy (non-hydrogen) atoms. The van der Waals surface area contributed by atoms with Gasteiger partial charge in [-0.05, 0) is 37.0 Å². The van der Waals surface area contributed by atoms with Crippen LogP contribution >= 0.6 is 0 Å². The molecule has 1 aromatic carbocycles.